The van der Waals surface area contributed by atoms with Crippen molar-refractivity contribution in [2.45, 2.75) is 45.6 Å². The fourth-order valence-corrected chi connectivity index (χ4v) is 5.18. The van der Waals surface area contributed by atoms with E-state index in [-0.39, 0.29) is 23.6 Å². The third-order valence-electron chi connectivity index (χ3n) is 8.05. The van der Waals surface area contributed by atoms with Gasteiger partial charge in [0.05, 0.1) is 23.4 Å². The van der Waals surface area contributed by atoms with Crippen LogP contribution < -0.4 is 15.4 Å². The summed E-state index contributed by atoms with van der Waals surface area (Å²) in [6.07, 6.45) is 11.7. The Kier molecular flexibility index (Phi) is 12.0. The number of carbonyl (C=O) groups is 3. The highest BCUT2D eigenvalue weighted by atomic mass is 16.5. The van der Waals surface area contributed by atoms with Crippen molar-refractivity contribution in [3.05, 3.63) is 94.5 Å². The molecule has 4 rings (SSSR count). The Balaban J connectivity index is 1.65. The number of nitrogens with zero attached hydrogens (tertiary/aromatic N) is 5. The van der Waals surface area contributed by atoms with Gasteiger partial charge in [-0.15, -0.1) is 6.42 Å². The smallest absolute Gasteiger partial charge is 0.257 e. The molecule has 0 unspecified atom stereocenters. The standard InChI is InChI=1S/C37H41N7O4/c1-7-14-44(34(45)8-2)16-15-43(6)23-33(31-13-12-28(22-40-31)27-10-11-27)48-32-18-24(4)29(19-30(32)36(46)39-9-3)37(47)42-35-25(5)17-26(20-38)21-41-35/h1,8,12-13,17-19,21-22,27,33H,2,9-11,14-16,23H2,3-6H3,(H,39,46)(H,41,42,47)/t33-/m1/s1. The number of hydrogen-bond donors (Lipinski definition) is 2. The minimum Gasteiger partial charge on any atom is -0.482 e. The van der Waals surface area contributed by atoms with Crippen molar-refractivity contribution in [2.24, 2.45) is 0 Å². The largest absolute Gasteiger partial charge is 0.482 e. The molecule has 0 bridgehead atoms. The van der Waals surface area contributed by atoms with E-state index in [2.05, 4.69) is 34.2 Å². The van der Waals surface area contributed by atoms with Crippen LogP contribution in [0.3, 0.4) is 0 Å². The molecule has 2 N–H and O–H groups in total. The fourth-order valence-electron chi connectivity index (χ4n) is 5.18. The van der Waals surface area contributed by atoms with E-state index in [1.54, 1.807) is 26.0 Å². The number of aromatic nitrogens is 2. The molecule has 1 fully saturated rings. The van der Waals surface area contributed by atoms with Crippen molar-refractivity contribution in [3.63, 3.8) is 0 Å². The van der Waals surface area contributed by atoms with Crippen LogP contribution >= 0.6 is 0 Å². The Morgan fingerprint density at radius 2 is 1.88 bits per heavy atom. The van der Waals surface area contributed by atoms with Crippen LogP contribution in [-0.4, -0.2) is 77.3 Å². The van der Waals surface area contributed by atoms with Crippen molar-refractivity contribution < 1.29 is 19.1 Å². The summed E-state index contributed by atoms with van der Waals surface area (Å²) in [5.41, 5.74) is 3.92. The number of nitriles is 1. The summed E-state index contributed by atoms with van der Waals surface area (Å²) < 4.78 is 6.62. The van der Waals surface area contributed by atoms with E-state index in [1.165, 1.54) is 28.8 Å². The van der Waals surface area contributed by atoms with Crippen molar-refractivity contribution in [1.29, 1.82) is 5.26 Å². The zero-order valence-corrected chi connectivity index (χ0v) is 27.9. The van der Waals surface area contributed by atoms with Gasteiger partial charge in [-0.05, 0) is 93.6 Å². The number of benzene rings is 1. The average molecular weight is 648 g/mol. The summed E-state index contributed by atoms with van der Waals surface area (Å²) in [5.74, 6) is 2.56. The van der Waals surface area contributed by atoms with Crippen LogP contribution in [0.1, 0.15) is 80.5 Å². The van der Waals surface area contributed by atoms with E-state index in [0.29, 0.717) is 66.0 Å². The van der Waals surface area contributed by atoms with Gasteiger partial charge >= 0.3 is 0 Å². The van der Waals surface area contributed by atoms with Crippen molar-refractivity contribution in [2.75, 3.05) is 45.1 Å². The highest BCUT2D eigenvalue weighted by Gasteiger charge is 2.27. The molecule has 48 heavy (non-hydrogen) atoms. The van der Waals surface area contributed by atoms with Crippen molar-refractivity contribution >= 4 is 23.5 Å². The van der Waals surface area contributed by atoms with Gasteiger partial charge in [-0.25, -0.2) is 4.98 Å². The maximum Gasteiger partial charge on any atom is 0.257 e. The number of aryl methyl sites for hydroxylation is 2. The average Bonchev–Trinajstić information content (AvgIpc) is 3.93. The molecule has 1 aliphatic carbocycles. The Hall–Kier alpha value is -5.52. The molecule has 0 radical (unpaired) electrons. The topological polar surface area (TPSA) is 141 Å². The Bertz CT molecular complexity index is 1750. The molecule has 0 aliphatic heterocycles. The van der Waals surface area contributed by atoms with E-state index < -0.39 is 17.9 Å². The van der Waals surface area contributed by atoms with Crippen LogP contribution in [0.25, 0.3) is 0 Å². The maximum absolute atomic E-state index is 13.5. The van der Waals surface area contributed by atoms with Gasteiger partial charge in [0.25, 0.3) is 11.8 Å². The van der Waals surface area contributed by atoms with Crippen LogP contribution in [0.4, 0.5) is 5.82 Å². The van der Waals surface area contributed by atoms with Gasteiger partial charge in [0, 0.05) is 44.1 Å². The van der Waals surface area contributed by atoms with Gasteiger partial charge in [0.2, 0.25) is 5.91 Å². The predicted octanol–water partition coefficient (Wildman–Crippen LogP) is 4.54. The highest BCUT2D eigenvalue weighted by molar-refractivity contribution is 6.07. The zero-order valence-electron chi connectivity index (χ0n) is 27.9. The quantitative estimate of drug-likeness (QED) is 0.181. The number of nitrogens with one attached hydrogen (secondary N) is 2. The number of anilines is 1. The van der Waals surface area contributed by atoms with E-state index in [1.807, 2.05) is 37.2 Å². The Morgan fingerprint density at radius 3 is 2.48 bits per heavy atom. The molecule has 3 aromatic rings. The second kappa shape index (κ2) is 16.3. The summed E-state index contributed by atoms with van der Waals surface area (Å²) in [4.78, 5) is 51.6. The summed E-state index contributed by atoms with van der Waals surface area (Å²) in [7, 11) is 1.91. The lowest BCUT2D eigenvalue weighted by Crippen LogP contribution is -2.38. The molecule has 1 atom stereocenters. The molecule has 2 heterocycles. The molecule has 3 amide bonds. The van der Waals surface area contributed by atoms with Crippen molar-refractivity contribution in [1.82, 2.24) is 25.1 Å². The molecular formula is C37H41N7O4. The van der Waals surface area contributed by atoms with E-state index >= 15 is 0 Å². The number of terminal acetylenes is 1. The number of likely N-dealkylation sites (N-methyl/N-ethyl adjacent to an activating group) is 1. The molecule has 248 valence electrons. The fraction of sp³-hybridized carbons (Fsp3) is 0.351. The normalized spacial score (nSPS) is 12.7. The molecule has 1 saturated carbocycles. The first kappa shape index (κ1) is 35.3. The summed E-state index contributed by atoms with van der Waals surface area (Å²) in [6.45, 7) is 10.7. The number of carbonyl (C=O) groups excluding carboxylic acids is 3. The van der Waals surface area contributed by atoms with Gasteiger partial charge < -0.3 is 25.2 Å². The minimum atomic E-state index is -0.600. The minimum absolute atomic E-state index is 0.165. The first-order valence-electron chi connectivity index (χ1n) is 15.8. The molecular weight excluding hydrogens is 606 g/mol. The summed E-state index contributed by atoms with van der Waals surface area (Å²) >= 11 is 0. The van der Waals surface area contributed by atoms with Crippen LogP contribution in [-0.2, 0) is 4.79 Å². The van der Waals surface area contributed by atoms with Crippen LogP contribution in [0.2, 0.25) is 0 Å². The predicted molar refractivity (Wildman–Crippen MR) is 184 cm³/mol. The maximum atomic E-state index is 13.5. The molecule has 11 heteroatoms. The SMILES string of the molecule is C#CCN(CCN(C)C[C@@H](Oc1cc(C)c(C(=O)Nc2ncc(C#N)cc2C)cc1C(=O)NCC)c1ccc(C2CC2)cn1)C(=O)C=C. The second-order valence-electron chi connectivity index (χ2n) is 11.8. The lowest BCUT2D eigenvalue weighted by molar-refractivity contribution is -0.125. The summed E-state index contributed by atoms with van der Waals surface area (Å²) in [5, 5.41) is 14.8. The number of ether oxygens (including phenoxy) is 1. The third kappa shape index (κ3) is 9.05. The Morgan fingerprint density at radius 1 is 1.10 bits per heavy atom. The molecule has 1 aliphatic rings. The van der Waals surface area contributed by atoms with Crippen LogP contribution in [0, 0.1) is 37.5 Å². The monoisotopic (exact) mass is 647 g/mol. The van der Waals surface area contributed by atoms with Crippen LogP contribution in [0.15, 0.2) is 55.4 Å². The third-order valence-corrected chi connectivity index (χ3v) is 8.05. The van der Waals surface area contributed by atoms with Gasteiger partial charge in [0.15, 0.2) is 6.10 Å². The van der Waals surface area contributed by atoms with Crippen molar-refractivity contribution in [3.8, 4) is 24.2 Å². The van der Waals surface area contributed by atoms with E-state index in [0.717, 1.165) is 12.8 Å². The van der Waals surface area contributed by atoms with Crippen LogP contribution in [0.5, 0.6) is 5.75 Å². The highest BCUT2D eigenvalue weighted by Crippen LogP contribution is 2.40. The molecule has 2 aromatic heterocycles. The number of hydrogen-bond acceptors (Lipinski definition) is 8. The van der Waals surface area contributed by atoms with Gasteiger partial charge in [-0.1, -0.05) is 18.6 Å². The molecule has 11 nitrogen and oxygen atoms in total. The van der Waals surface area contributed by atoms with E-state index in [4.69, 9.17) is 21.4 Å². The number of pyridine rings is 2. The second-order valence-corrected chi connectivity index (χ2v) is 11.8. The molecule has 0 spiro atoms. The first-order chi connectivity index (χ1) is 23.1. The lowest BCUT2D eigenvalue weighted by atomic mass is 10.0. The van der Waals surface area contributed by atoms with Gasteiger partial charge in [0.1, 0.15) is 17.6 Å². The summed E-state index contributed by atoms with van der Waals surface area (Å²) in [6, 6.07) is 10.9. The number of rotatable bonds is 15. The Labute approximate surface area is 282 Å². The molecule has 0 saturated heterocycles. The van der Waals surface area contributed by atoms with E-state index in [9.17, 15) is 14.4 Å². The first-order valence-corrected chi connectivity index (χ1v) is 15.8. The van der Waals surface area contributed by atoms with Gasteiger partial charge in [-0.3, -0.25) is 19.4 Å². The number of amides is 3. The zero-order chi connectivity index (χ0) is 34.8. The molecule has 1 aromatic carbocycles. The lowest BCUT2D eigenvalue weighted by Gasteiger charge is -2.28. The van der Waals surface area contributed by atoms with Gasteiger partial charge in [-0.2, -0.15) is 5.26 Å².